The SMILES string of the molecule is COC(=O)c1ccc(Cl)c(NC(=O)C(C(=O)C(C)(C)C)N2C(=O)OC(C)(C)C2=O)c1. The Morgan fingerprint density at radius 3 is 2.27 bits per heavy atom. The molecule has 0 aromatic heterocycles. The van der Waals surface area contributed by atoms with Crippen LogP contribution in [0.2, 0.25) is 5.02 Å². The molecule has 1 unspecified atom stereocenters. The van der Waals surface area contributed by atoms with Crippen molar-refractivity contribution >= 4 is 46.9 Å². The lowest BCUT2D eigenvalue weighted by Crippen LogP contribution is -2.55. The van der Waals surface area contributed by atoms with Crippen molar-refractivity contribution in [3.05, 3.63) is 28.8 Å². The Hall–Kier alpha value is -2.94. The number of methoxy groups -OCH3 is 1. The van der Waals surface area contributed by atoms with Gasteiger partial charge in [-0.3, -0.25) is 14.4 Å². The van der Waals surface area contributed by atoms with Gasteiger partial charge in [-0.25, -0.2) is 14.5 Å². The van der Waals surface area contributed by atoms with Crippen molar-refractivity contribution in [2.45, 2.75) is 46.3 Å². The number of imide groups is 1. The summed E-state index contributed by atoms with van der Waals surface area (Å²) in [6.07, 6.45) is -1.10. The third kappa shape index (κ3) is 4.46. The fourth-order valence-corrected chi connectivity index (χ4v) is 2.90. The molecule has 0 radical (unpaired) electrons. The predicted octanol–water partition coefficient (Wildman–Crippen LogP) is 2.81. The molecular formula is C20H23ClN2O7. The highest BCUT2D eigenvalue weighted by Crippen LogP contribution is 2.31. The number of amides is 3. The van der Waals surface area contributed by atoms with E-state index in [2.05, 4.69) is 10.1 Å². The predicted molar refractivity (Wildman–Crippen MR) is 107 cm³/mol. The normalized spacial score (nSPS) is 16.7. The zero-order chi connectivity index (χ0) is 23.0. The Bertz CT molecular complexity index is 934. The first-order valence-electron chi connectivity index (χ1n) is 9.00. The van der Waals surface area contributed by atoms with Crippen molar-refractivity contribution in [1.29, 1.82) is 0 Å². The van der Waals surface area contributed by atoms with Crippen LogP contribution in [0.5, 0.6) is 0 Å². The molecule has 1 saturated heterocycles. The molecule has 0 bridgehead atoms. The number of cyclic esters (lactones) is 1. The molecule has 1 atom stereocenters. The minimum absolute atomic E-state index is 0.00977. The Morgan fingerprint density at radius 2 is 1.80 bits per heavy atom. The van der Waals surface area contributed by atoms with Crippen LogP contribution in [0.1, 0.15) is 45.0 Å². The summed E-state index contributed by atoms with van der Waals surface area (Å²) in [5.41, 5.74) is -2.47. The van der Waals surface area contributed by atoms with Crippen molar-refractivity contribution in [2.24, 2.45) is 5.41 Å². The summed E-state index contributed by atoms with van der Waals surface area (Å²) in [7, 11) is 1.19. The van der Waals surface area contributed by atoms with E-state index in [0.29, 0.717) is 4.90 Å². The quantitative estimate of drug-likeness (QED) is 0.554. The van der Waals surface area contributed by atoms with Gasteiger partial charge in [0.05, 0.1) is 23.4 Å². The van der Waals surface area contributed by atoms with Gasteiger partial charge in [0, 0.05) is 5.41 Å². The molecule has 9 nitrogen and oxygen atoms in total. The lowest BCUT2D eigenvalue weighted by atomic mass is 9.85. The number of ether oxygens (including phenoxy) is 2. The number of anilines is 1. The Kier molecular flexibility index (Phi) is 6.27. The monoisotopic (exact) mass is 438 g/mol. The molecule has 1 aromatic carbocycles. The molecule has 0 aliphatic carbocycles. The number of nitrogens with zero attached hydrogens (tertiary/aromatic N) is 1. The van der Waals surface area contributed by atoms with Crippen LogP contribution in [0.25, 0.3) is 0 Å². The van der Waals surface area contributed by atoms with Crippen LogP contribution in [0.3, 0.4) is 0 Å². The molecule has 1 aromatic rings. The van der Waals surface area contributed by atoms with Crippen LogP contribution < -0.4 is 5.32 Å². The smallest absolute Gasteiger partial charge is 0.418 e. The Balaban J connectivity index is 2.47. The number of halogens is 1. The molecule has 0 spiro atoms. The molecule has 0 saturated carbocycles. The van der Waals surface area contributed by atoms with E-state index in [1.807, 2.05) is 0 Å². The number of esters is 1. The second-order valence-corrected chi connectivity index (χ2v) is 8.65. The molecule has 10 heteroatoms. The maximum atomic E-state index is 13.1. The standard InChI is InChI=1S/C20H23ClN2O7/c1-19(2,3)14(24)13(23-17(27)20(4,5)30-18(23)28)15(25)22-12-9-10(16(26)29-6)7-8-11(12)21/h7-9,13H,1-6H3,(H,22,25). The first-order chi connectivity index (χ1) is 13.7. The van der Waals surface area contributed by atoms with Crippen molar-refractivity contribution < 1.29 is 33.4 Å². The van der Waals surface area contributed by atoms with Crippen molar-refractivity contribution in [3.63, 3.8) is 0 Å². The minimum Gasteiger partial charge on any atom is -0.465 e. The summed E-state index contributed by atoms with van der Waals surface area (Å²) in [6, 6.07) is 2.23. The highest BCUT2D eigenvalue weighted by Gasteiger charge is 2.55. The van der Waals surface area contributed by atoms with Crippen LogP contribution in [-0.4, -0.2) is 53.3 Å². The number of carbonyl (C=O) groups excluding carboxylic acids is 5. The Labute approximate surface area is 178 Å². The van der Waals surface area contributed by atoms with E-state index in [0.717, 1.165) is 0 Å². The summed E-state index contributed by atoms with van der Waals surface area (Å²) in [4.78, 5) is 63.4. The highest BCUT2D eigenvalue weighted by molar-refractivity contribution is 6.34. The van der Waals surface area contributed by atoms with Gasteiger partial charge in [-0.15, -0.1) is 0 Å². The third-order valence-electron chi connectivity index (χ3n) is 4.41. The molecular weight excluding hydrogens is 416 g/mol. The van der Waals surface area contributed by atoms with E-state index in [9.17, 15) is 24.0 Å². The molecule has 2 rings (SSSR count). The van der Waals surface area contributed by atoms with Gasteiger partial charge in [-0.05, 0) is 32.0 Å². The van der Waals surface area contributed by atoms with Gasteiger partial charge in [-0.2, -0.15) is 0 Å². The molecule has 1 aliphatic rings. The zero-order valence-electron chi connectivity index (χ0n) is 17.5. The number of hydrogen-bond acceptors (Lipinski definition) is 7. The first kappa shape index (κ1) is 23.3. The molecule has 1 heterocycles. The van der Waals surface area contributed by atoms with E-state index in [4.69, 9.17) is 16.3 Å². The number of carbonyl (C=O) groups is 5. The number of hydrogen-bond donors (Lipinski definition) is 1. The topological polar surface area (TPSA) is 119 Å². The summed E-state index contributed by atoms with van der Waals surface area (Å²) < 4.78 is 9.66. The number of rotatable bonds is 5. The second-order valence-electron chi connectivity index (χ2n) is 8.25. The summed E-state index contributed by atoms with van der Waals surface area (Å²) >= 11 is 6.10. The maximum Gasteiger partial charge on any atom is 0.418 e. The lowest BCUT2D eigenvalue weighted by molar-refractivity contribution is -0.145. The number of ketones is 1. The van der Waals surface area contributed by atoms with Gasteiger partial charge in [0.2, 0.25) is 0 Å². The summed E-state index contributed by atoms with van der Waals surface area (Å²) in [5.74, 6) is -3.13. The first-order valence-corrected chi connectivity index (χ1v) is 9.38. The fraction of sp³-hybridized carbons (Fsp3) is 0.450. The Morgan fingerprint density at radius 1 is 1.20 bits per heavy atom. The molecule has 162 valence electrons. The van der Waals surface area contributed by atoms with Crippen LogP contribution in [-0.2, 0) is 23.9 Å². The van der Waals surface area contributed by atoms with Gasteiger partial charge in [0.1, 0.15) is 0 Å². The molecule has 1 aliphatic heterocycles. The van der Waals surface area contributed by atoms with E-state index in [1.165, 1.54) is 39.2 Å². The molecule has 1 N–H and O–H groups in total. The summed E-state index contributed by atoms with van der Waals surface area (Å²) in [5, 5.41) is 2.50. The molecule has 30 heavy (non-hydrogen) atoms. The van der Waals surface area contributed by atoms with Gasteiger partial charge in [0.25, 0.3) is 11.8 Å². The lowest BCUT2D eigenvalue weighted by Gasteiger charge is -2.28. The van der Waals surface area contributed by atoms with Gasteiger partial charge in [-0.1, -0.05) is 32.4 Å². The number of Topliss-reactive ketones (excluding diaryl/α,β-unsaturated/α-hetero) is 1. The van der Waals surface area contributed by atoms with Crippen molar-refractivity contribution in [2.75, 3.05) is 12.4 Å². The third-order valence-corrected chi connectivity index (χ3v) is 4.74. The largest absolute Gasteiger partial charge is 0.465 e. The van der Waals surface area contributed by atoms with Crippen molar-refractivity contribution in [3.8, 4) is 0 Å². The van der Waals surface area contributed by atoms with Gasteiger partial charge < -0.3 is 14.8 Å². The van der Waals surface area contributed by atoms with Crippen LogP contribution >= 0.6 is 11.6 Å². The van der Waals surface area contributed by atoms with E-state index in [1.54, 1.807) is 20.8 Å². The summed E-state index contributed by atoms with van der Waals surface area (Å²) in [6.45, 7) is 7.38. The average Bonchev–Trinajstić information content (AvgIpc) is 2.84. The van der Waals surface area contributed by atoms with E-state index >= 15 is 0 Å². The average molecular weight is 439 g/mol. The minimum atomic E-state index is -1.79. The van der Waals surface area contributed by atoms with Crippen LogP contribution in [0, 0.1) is 5.41 Å². The number of benzene rings is 1. The molecule has 1 fully saturated rings. The van der Waals surface area contributed by atoms with Crippen LogP contribution in [0.4, 0.5) is 10.5 Å². The van der Waals surface area contributed by atoms with Gasteiger partial charge in [0.15, 0.2) is 17.4 Å². The fourth-order valence-electron chi connectivity index (χ4n) is 2.74. The highest BCUT2D eigenvalue weighted by atomic mass is 35.5. The zero-order valence-corrected chi connectivity index (χ0v) is 18.2. The van der Waals surface area contributed by atoms with Gasteiger partial charge >= 0.3 is 12.1 Å². The van der Waals surface area contributed by atoms with E-state index in [-0.39, 0.29) is 16.3 Å². The number of nitrogens with one attached hydrogen (secondary N) is 1. The van der Waals surface area contributed by atoms with Crippen molar-refractivity contribution in [1.82, 2.24) is 4.90 Å². The van der Waals surface area contributed by atoms with Crippen LogP contribution in [0.15, 0.2) is 18.2 Å². The maximum absolute atomic E-state index is 13.1. The second kappa shape index (κ2) is 8.06. The molecule has 3 amide bonds. The van der Waals surface area contributed by atoms with E-state index < -0.39 is 46.7 Å².